The predicted molar refractivity (Wildman–Crippen MR) is 43.2 cm³/mol. The van der Waals surface area contributed by atoms with Gasteiger partial charge in [0.05, 0.1) is 12.0 Å². The fourth-order valence-electron chi connectivity index (χ4n) is 1.35. The second-order valence-electron chi connectivity index (χ2n) is 3.56. The summed E-state index contributed by atoms with van der Waals surface area (Å²) >= 11 is 0. The van der Waals surface area contributed by atoms with Crippen molar-refractivity contribution in [3.05, 3.63) is 0 Å². The van der Waals surface area contributed by atoms with Crippen molar-refractivity contribution in [3.8, 4) is 0 Å². The molecule has 0 heterocycles. The van der Waals surface area contributed by atoms with E-state index in [1.165, 1.54) is 0 Å². The van der Waals surface area contributed by atoms with E-state index in [9.17, 15) is 26.0 Å². The standard InChI is InChI=1S/C7H10F4O3S/c8-5-15(12,13)14-4-6(2-1-3-6)7(9,10)11/h1-5H2. The lowest BCUT2D eigenvalue weighted by molar-refractivity contribution is -0.259. The van der Waals surface area contributed by atoms with Crippen molar-refractivity contribution in [2.75, 3.05) is 12.6 Å². The normalized spacial score (nSPS) is 21.1. The van der Waals surface area contributed by atoms with E-state index in [1.807, 2.05) is 0 Å². The molecule has 15 heavy (non-hydrogen) atoms. The Labute approximate surface area is 84.5 Å². The van der Waals surface area contributed by atoms with Crippen LogP contribution in [0.2, 0.25) is 0 Å². The highest BCUT2D eigenvalue weighted by atomic mass is 32.2. The van der Waals surface area contributed by atoms with Crippen LogP contribution < -0.4 is 0 Å². The Morgan fingerprint density at radius 3 is 2.07 bits per heavy atom. The molecule has 0 aromatic rings. The topological polar surface area (TPSA) is 43.4 Å². The molecule has 0 aromatic carbocycles. The van der Waals surface area contributed by atoms with Gasteiger partial charge in [0.1, 0.15) is 0 Å². The maximum absolute atomic E-state index is 12.5. The van der Waals surface area contributed by atoms with Crippen LogP contribution in [-0.2, 0) is 14.3 Å². The molecule has 0 radical (unpaired) electrons. The van der Waals surface area contributed by atoms with E-state index in [4.69, 9.17) is 0 Å². The number of rotatable bonds is 4. The molecule has 0 amide bonds. The van der Waals surface area contributed by atoms with Gasteiger partial charge in [0.25, 0.3) is 10.1 Å². The molecule has 1 aliphatic rings. The summed E-state index contributed by atoms with van der Waals surface area (Å²) in [7, 11) is -4.46. The summed E-state index contributed by atoms with van der Waals surface area (Å²) in [5, 5.41) is 0. The van der Waals surface area contributed by atoms with Crippen LogP contribution in [0.1, 0.15) is 19.3 Å². The highest BCUT2D eigenvalue weighted by Crippen LogP contribution is 2.53. The summed E-state index contributed by atoms with van der Waals surface area (Å²) in [6.07, 6.45) is -4.47. The minimum absolute atomic E-state index is 0.168. The number of hydrogen-bond donors (Lipinski definition) is 0. The Morgan fingerprint density at radius 1 is 1.27 bits per heavy atom. The summed E-state index contributed by atoms with van der Waals surface area (Å²) in [5.74, 6) is 0. The first-order valence-corrected chi connectivity index (χ1v) is 5.80. The van der Waals surface area contributed by atoms with Crippen molar-refractivity contribution in [2.24, 2.45) is 5.41 Å². The number of alkyl halides is 4. The van der Waals surface area contributed by atoms with E-state index in [-0.39, 0.29) is 12.8 Å². The largest absolute Gasteiger partial charge is 0.396 e. The third-order valence-electron chi connectivity index (χ3n) is 2.56. The molecule has 0 bridgehead atoms. The molecule has 1 aliphatic carbocycles. The average Bonchev–Trinajstić information content (AvgIpc) is 1.99. The molecule has 1 fully saturated rings. The lowest BCUT2D eigenvalue weighted by Gasteiger charge is -2.42. The molecule has 90 valence electrons. The molecule has 3 nitrogen and oxygen atoms in total. The van der Waals surface area contributed by atoms with Crippen molar-refractivity contribution in [1.82, 2.24) is 0 Å². The highest BCUT2D eigenvalue weighted by molar-refractivity contribution is 7.86. The molecule has 0 saturated heterocycles. The first-order valence-electron chi connectivity index (χ1n) is 4.22. The van der Waals surface area contributed by atoms with Crippen molar-refractivity contribution in [2.45, 2.75) is 25.4 Å². The summed E-state index contributed by atoms with van der Waals surface area (Å²) < 4.78 is 74.3. The molecule has 0 aromatic heterocycles. The summed E-state index contributed by atoms with van der Waals surface area (Å²) in [6.45, 7) is -1.01. The van der Waals surface area contributed by atoms with Gasteiger partial charge in [0, 0.05) is 0 Å². The summed E-state index contributed by atoms with van der Waals surface area (Å²) in [6, 6.07) is -1.80. The smallest absolute Gasteiger partial charge is 0.267 e. The molecule has 0 unspecified atom stereocenters. The summed E-state index contributed by atoms with van der Waals surface area (Å²) in [5.41, 5.74) is -2.10. The zero-order valence-electron chi connectivity index (χ0n) is 7.68. The van der Waals surface area contributed by atoms with E-state index in [0.29, 0.717) is 6.42 Å². The van der Waals surface area contributed by atoms with Gasteiger partial charge < -0.3 is 0 Å². The SMILES string of the molecule is O=S(=O)(CF)OCC1(C(F)(F)F)CCC1. The minimum atomic E-state index is -4.50. The van der Waals surface area contributed by atoms with Crippen LogP contribution in [0.5, 0.6) is 0 Å². The van der Waals surface area contributed by atoms with Gasteiger partial charge >= 0.3 is 6.18 Å². The maximum atomic E-state index is 12.5. The summed E-state index contributed by atoms with van der Waals surface area (Å²) in [4.78, 5) is 0. The van der Waals surface area contributed by atoms with Gasteiger partial charge in [-0.1, -0.05) is 6.42 Å². The molecule has 0 spiro atoms. The van der Waals surface area contributed by atoms with Crippen LogP contribution in [-0.4, -0.2) is 27.2 Å². The minimum Gasteiger partial charge on any atom is -0.267 e. The van der Waals surface area contributed by atoms with E-state index >= 15 is 0 Å². The van der Waals surface area contributed by atoms with Gasteiger partial charge in [-0.15, -0.1) is 0 Å². The fourth-order valence-corrected chi connectivity index (χ4v) is 1.82. The lowest BCUT2D eigenvalue weighted by Crippen LogP contribution is -2.47. The van der Waals surface area contributed by atoms with E-state index < -0.39 is 34.3 Å². The van der Waals surface area contributed by atoms with Gasteiger partial charge in [-0.05, 0) is 12.8 Å². The quantitative estimate of drug-likeness (QED) is 0.566. The van der Waals surface area contributed by atoms with Crippen LogP contribution in [0.4, 0.5) is 17.6 Å². The third kappa shape index (κ3) is 2.60. The second-order valence-corrected chi connectivity index (χ2v) is 5.13. The van der Waals surface area contributed by atoms with Gasteiger partial charge in [-0.2, -0.15) is 21.6 Å². The van der Waals surface area contributed by atoms with Crippen molar-refractivity contribution >= 4 is 10.1 Å². The molecular weight excluding hydrogens is 240 g/mol. The van der Waals surface area contributed by atoms with Crippen molar-refractivity contribution in [1.29, 1.82) is 0 Å². The second kappa shape index (κ2) is 3.89. The van der Waals surface area contributed by atoms with Crippen molar-refractivity contribution < 1.29 is 30.2 Å². The van der Waals surface area contributed by atoms with E-state index in [0.717, 1.165) is 0 Å². The van der Waals surface area contributed by atoms with Crippen LogP contribution >= 0.6 is 0 Å². The predicted octanol–water partition coefficient (Wildman–Crippen LogP) is 1.99. The zero-order valence-corrected chi connectivity index (χ0v) is 8.50. The zero-order chi connectivity index (χ0) is 11.7. The maximum Gasteiger partial charge on any atom is 0.396 e. The Morgan fingerprint density at radius 2 is 1.80 bits per heavy atom. The van der Waals surface area contributed by atoms with Gasteiger partial charge in [-0.3, -0.25) is 4.18 Å². The third-order valence-corrected chi connectivity index (χ3v) is 3.30. The highest BCUT2D eigenvalue weighted by Gasteiger charge is 2.58. The van der Waals surface area contributed by atoms with Gasteiger partial charge in [-0.25, -0.2) is 4.39 Å². The molecule has 0 N–H and O–H groups in total. The van der Waals surface area contributed by atoms with E-state index in [2.05, 4.69) is 4.18 Å². The van der Waals surface area contributed by atoms with Gasteiger partial charge in [0.15, 0.2) is 0 Å². The molecule has 1 rings (SSSR count). The number of hydrogen-bond acceptors (Lipinski definition) is 3. The van der Waals surface area contributed by atoms with Crippen LogP contribution in [0.3, 0.4) is 0 Å². The molecular formula is C7H10F4O3S. The van der Waals surface area contributed by atoms with Crippen LogP contribution in [0, 0.1) is 5.41 Å². The van der Waals surface area contributed by atoms with Crippen LogP contribution in [0.15, 0.2) is 0 Å². The van der Waals surface area contributed by atoms with Crippen molar-refractivity contribution in [3.63, 3.8) is 0 Å². The van der Waals surface area contributed by atoms with Gasteiger partial charge in [0.2, 0.25) is 6.01 Å². The number of halogens is 4. The Bertz CT molecular complexity index is 318. The molecule has 8 heteroatoms. The first kappa shape index (κ1) is 12.7. The van der Waals surface area contributed by atoms with Crippen LogP contribution in [0.25, 0.3) is 0 Å². The monoisotopic (exact) mass is 250 g/mol. The molecule has 0 atom stereocenters. The molecule has 0 aliphatic heterocycles. The van der Waals surface area contributed by atoms with E-state index in [1.54, 1.807) is 0 Å². The lowest BCUT2D eigenvalue weighted by atomic mass is 9.69. The Kier molecular flexibility index (Phi) is 3.30. The fraction of sp³-hybridized carbons (Fsp3) is 1.00. The Balaban J connectivity index is 2.64. The Hall–Kier alpha value is -0.370. The first-order chi connectivity index (χ1) is 6.72. The average molecular weight is 250 g/mol. The molecule has 1 saturated carbocycles.